The Balaban J connectivity index is 2.15. The topological polar surface area (TPSA) is 0 Å². The molecule has 0 bridgehead atoms. The second-order valence-corrected chi connectivity index (χ2v) is 10.4. The van der Waals surface area contributed by atoms with Crippen molar-refractivity contribution in [3.63, 3.8) is 0 Å². The zero-order valence-corrected chi connectivity index (χ0v) is 14.0. The van der Waals surface area contributed by atoms with Crippen LogP contribution in [0.3, 0.4) is 0 Å². The third-order valence-electron chi connectivity index (χ3n) is 2.07. The van der Waals surface area contributed by atoms with Crippen molar-refractivity contribution in [2.45, 2.75) is 0 Å². The Morgan fingerprint density at radius 1 is 0.600 bits per heavy atom. The Hall–Kier alpha value is -0.0579. The molecule has 0 aliphatic carbocycles. The molecule has 2 aromatic rings. The molecule has 2 aromatic carbocycles. The van der Waals surface area contributed by atoms with E-state index in [1.807, 2.05) is 24.3 Å². The molecular formula is C12H8Cl2Tl. The Bertz CT molecular complexity index is 391. The zero-order valence-electron chi connectivity index (χ0n) is 7.95. The SMILES string of the molecule is Clc1cc[c]([Tl][c]2ccc(Cl)cc2)cc1. The van der Waals surface area contributed by atoms with E-state index in [-0.39, 0.29) is 0 Å². The monoisotopic (exact) mass is 427 g/mol. The molecule has 15 heavy (non-hydrogen) atoms. The van der Waals surface area contributed by atoms with Crippen molar-refractivity contribution in [1.82, 2.24) is 0 Å². The van der Waals surface area contributed by atoms with E-state index in [1.54, 1.807) is 0 Å². The van der Waals surface area contributed by atoms with E-state index < -0.39 is 24.2 Å². The molecule has 0 unspecified atom stereocenters. The van der Waals surface area contributed by atoms with Gasteiger partial charge in [0.2, 0.25) is 0 Å². The van der Waals surface area contributed by atoms with E-state index in [4.69, 9.17) is 23.2 Å². The summed E-state index contributed by atoms with van der Waals surface area (Å²) in [6, 6.07) is 16.4. The molecule has 0 atom stereocenters. The molecule has 0 radical (unpaired) electrons. The number of halogens is 2. The molecule has 2 rings (SSSR count). The van der Waals surface area contributed by atoms with Gasteiger partial charge in [0.05, 0.1) is 0 Å². The molecular weight excluding hydrogens is 419 g/mol. The first kappa shape index (κ1) is 11.4. The summed E-state index contributed by atoms with van der Waals surface area (Å²) in [5, 5.41) is 1.61. The van der Waals surface area contributed by atoms with Crippen LogP contribution in [0, 0.1) is 0 Å². The summed E-state index contributed by atoms with van der Waals surface area (Å²) < 4.78 is 2.92. The van der Waals surface area contributed by atoms with Crippen LogP contribution in [0.2, 0.25) is 10.0 Å². The van der Waals surface area contributed by atoms with Crippen LogP contribution in [0.5, 0.6) is 0 Å². The van der Waals surface area contributed by atoms with E-state index in [1.165, 1.54) is 6.25 Å². The molecule has 3 heteroatoms. The van der Waals surface area contributed by atoms with Gasteiger partial charge in [0, 0.05) is 0 Å². The summed E-state index contributed by atoms with van der Waals surface area (Å²) in [7, 11) is 0. The fraction of sp³-hybridized carbons (Fsp3) is 0. The zero-order chi connectivity index (χ0) is 10.7. The van der Waals surface area contributed by atoms with Crippen LogP contribution in [0.15, 0.2) is 48.5 Å². The van der Waals surface area contributed by atoms with Crippen molar-refractivity contribution in [2.75, 3.05) is 0 Å². The van der Waals surface area contributed by atoms with E-state index in [2.05, 4.69) is 24.3 Å². The van der Waals surface area contributed by atoms with Crippen LogP contribution >= 0.6 is 23.2 Å². The van der Waals surface area contributed by atoms with Crippen LogP contribution in [-0.4, -0.2) is 24.2 Å². The van der Waals surface area contributed by atoms with Crippen LogP contribution in [0.4, 0.5) is 0 Å². The van der Waals surface area contributed by atoms with E-state index in [0.717, 1.165) is 10.0 Å². The second kappa shape index (κ2) is 5.32. The van der Waals surface area contributed by atoms with Crippen LogP contribution in [-0.2, 0) is 0 Å². The van der Waals surface area contributed by atoms with Gasteiger partial charge >= 0.3 is 112 Å². The number of benzene rings is 2. The van der Waals surface area contributed by atoms with Gasteiger partial charge in [-0.25, -0.2) is 0 Å². The predicted octanol–water partition coefficient (Wildman–Crippen LogP) is 2.65. The van der Waals surface area contributed by atoms with Crippen molar-refractivity contribution in [2.24, 2.45) is 0 Å². The summed E-state index contributed by atoms with van der Waals surface area (Å²) in [6.45, 7) is 0. The molecule has 0 saturated heterocycles. The van der Waals surface area contributed by atoms with Crippen molar-refractivity contribution in [3.8, 4) is 0 Å². The minimum absolute atomic E-state index is 0.806. The maximum atomic E-state index is 5.84. The fourth-order valence-corrected chi connectivity index (χ4v) is 6.05. The molecule has 73 valence electrons. The predicted molar refractivity (Wildman–Crippen MR) is 67.9 cm³/mol. The van der Waals surface area contributed by atoms with Crippen molar-refractivity contribution >= 4 is 53.7 Å². The minimum atomic E-state index is -1.03. The van der Waals surface area contributed by atoms with Gasteiger partial charge in [-0.3, -0.25) is 0 Å². The molecule has 0 N–H and O–H groups in total. The van der Waals surface area contributed by atoms with Crippen molar-refractivity contribution < 1.29 is 0 Å². The number of hydrogen-bond donors (Lipinski definition) is 0. The molecule has 0 fully saturated rings. The van der Waals surface area contributed by atoms with Crippen molar-refractivity contribution in [1.29, 1.82) is 0 Å². The third-order valence-corrected chi connectivity index (χ3v) is 8.16. The standard InChI is InChI=1S/2C6H4Cl.Tl/c2*7-6-4-2-1-3-5-6;/h2*2-5H;. The van der Waals surface area contributed by atoms with Gasteiger partial charge in [-0.05, 0) is 0 Å². The summed E-state index contributed by atoms with van der Waals surface area (Å²) in [5.41, 5.74) is 0. The molecule has 0 aromatic heterocycles. The van der Waals surface area contributed by atoms with E-state index in [0.29, 0.717) is 0 Å². The first-order valence-corrected chi connectivity index (χ1v) is 9.84. The van der Waals surface area contributed by atoms with Gasteiger partial charge in [-0.1, -0.05) is 0 Å². The van der Waals surface area contributed by atoms with Gasteiger partial charge in [-0.15, -0.1) is 0 Å². The Labute approximate surface area is 111 Å². The summed E-state index contributed by atoms with van der Waals surface area (Å²) in [6.07, 6.45) is 0. The van der Waals surface area contributed by atoms with Gasteiger partial charge in [0.25, 0.3) is 0 Å². The van der Waals surface area contributed by atoms with Gasteiger partial charge in [-0.2, -0.15) is 0 Å². The Morgan fingerprint density at radius 3 is 1.27 bits per heavy atom. The third kappa shape index (κ3) is 3.47. The van der Waals surface area contributed by atoms with Crippen LogP contribution < -0.4 is 6.25 Å². The van der Waals surface area contributed by atoms with Crippen LogP contribution in [0.1, 0.15) is 0 Å². The fourth-order valence-electron chi connectivity index (χ4n) is 1.31. The average Bonchev–Trinajstić information content (AvgIpc) is 2.25. The van der Waals surface area contributed by atoms with Crippen molar-refractivity contribution in [3.05, 3.63) is 58.6 Å². The Morgan fingerprint density at radius 2 is 0.933 bits per heavy atom. The average molecular weight is 427 g/mol. The molecule has 0 spiro atoms. The molecule has 0 aliphatic rings. The first-order chi connectivity index (χ1) is 7.24. The number of hydrogen-bond acceptors (Lipinski definition) is 0. The normalized spacial score (nSPS) is 9.73. The molecule has 0 aliphatic heterocycles. The quantitative estimate of drug-likeness (QED) is 0.647. The molecule has 0 heterocycles. The van der Waals surface area contributed by atoms with Crippen LogP contribution in [0.25, 0.3) is 0 Å². The summed E-state index contributed by atoms with van der Waals surface area (Å²) in [5.74, 6) is 0. The van der Waals surface area contributed by atoms with E-state index >= 15 is 0 Å². The van der Waals surface area contributed by atoms with Gasteiger partial charge in [0.15, 0.2) is 0 Å². The summed E-state index contributed by atoms with van der Waals surface area (Å²) >= 11 is 10.7. The molecule has 0 nitrogen and oxygen atoms in total. The maximum absolute atomic E-state index is 5.84. The van der Waals surface area contributed by atoms with Gasteiger partial charge in [0.1, 0.15) is 0 Å². The van der Waals surface area contributed by atoms with E-state index in [9.17, 15) is 0 Å². The molecule has 0 amide bonds. The Kier molecular flexibility index (Phi) is 4.06. The molecule has 0 saturated carbocycles. The summed E-state index contributed by atoms with van der Waals surface area (Å²) in [4.78, 5) is 0. The first-order valence-electron chi connectivity index (χ1n) is 4.60. The van der Waals surface area contributed by atoms with Gasteiger partial charge < -0.3 is 0 Å². The number of rotatable bonds is 2. The second-order valence-electron chi connectivity index (χ2n) is 3.25.